The van der Waals surface area contributed by atoms with Gasteiger partial charge in [0, 0.05) is 17.5 Å². The van der Waals surface area contributed by atoms with E-state index in [-0.39, 0.29) is 0 Å². The van der Waals surface area contributed by atoms with Crippen LogP contribution in [0.4, 0.5) is 5.82 Å². The number of pyridine rings is 1. The van der Waals surface area contributed by atoms with Gasteiger partial charge >= 0.3 is 0 Å². The van der Waals surface area contributed by atoms with E-state index >= 15 is 0 Å². The number of rotatable bonds is 4. The number of hydrogen-bond donors (Lipinski definition) is 2. The fourth-order valence-electron chi connectivity index (χ4n) is 1.78. The van der Waals surface area contributed by atoms with Gasteiger partial charge in [-0.2, -0.15) is 0 Å². The van der Waals surface area contributed by atoms with Crippen LogP contribution in [0.5, 0.6) is 0 Å². The average Bonchev–Trinajstić information content (AvgIpc) is 2.35. The number of nitrogens with zero attached hydrogens (tertiary/aromatic N) is 1. The highest BCUT2D eigenvalue weighted by atomic mass is 32.1. The third-order valence-electron chi connectivity index (χ3n) is 2.67. The molecule has 0 amide bonds. The van der Waals surface area contributed by atoms with Crippen molar-refractivity contribution < 1.29 is 0 Å². The van der Waals surface area contributed by atoms with Gasteiger partial charge in [0.25, 0.3) is 0 Å². The maximum atomic E-state index is 5.78. The molecule has 94 valence electrons. The molecule has 1 aromatic heterocycles. The van der Waals surface area contributed by atoms with Crippen molar-refractivity contribution in [1.82, 2.24) is 4.98 Å². The van der Waals surface area contributed by atoms with E-state index in [0.29, 0.717) is 10.9 Å². The third-order valence-corrected chi connectivity index (χ3v) is 2.89. The lowest BCUT2D eigenvalue weighted by atomic mass is 10.1. The highest BCUT2D eigenvalue weighted by Gasteiger charge is 2.07. The van der Waals surface area contributed by atoms with Crippen LogP contribution in [0, 0.1) is 5.92 Å². The number of fused-ring (bicyclic) bond motifs is 1. The summed E-state index contributed by atoms with van der Waals surface area (Å²) in [7, 11) is 0. The number of aromatic nitrogens is 1. The predicted molar refractivity (Wildman–Crippen MR) is 81.0 cm³/mol. The van der Waals surface area contributed by atoms with E-state index in [9.17, 15) is 0 Å². The number of anilines is 1. The number of nitrogens with one attached hydrogen (secondary N) is 1. The number of hydrogen-bond acceptors (Lipinski definition) is 3. The summed E-state index contributed by atoms with van der Waals surface area (Å²) in [6, 6.07) is 9.81. The van der Waals surface area contributed by atoms with Gasteiger partial charge in [-0.05, 0) is 18.1 Å². The van der Waals surface area contributed by atoms with Crippen molar-refractivity contribution >= 4 is 33.9 Å². The Morgan fingerprint density at radius 1 is 1.39 bits per heavy atom. The lowest BCUT2D eigenvalue weighted by Crippen LogP contribution is -2.13. The Morgan fingerprint density at radius 3 is 2.78 bits per heavy atom. The molecule has 0 atom stereocenters. The number of nitrogens with two attached hydrogens (primary N) is 1. The van der Waals surface area contributed by atoms with Crippen molar-refractivity contribution in [3.05, 3.63) is 35.9 Å². The first-order valence-corrected chi connectivity index (χ1v) is 6.42. The fourth-order valence-corrected chi connectivity index (χ4v) is 1.95. The second-order valence-corrected chi connectivity index (χ2v) is 5.15. The Hall–Kier alpha value is -1.68. The lowest BCUT2D eigenvalue weighted by Gasteiger charge is -2.11. The average molecular weight is 259 g/mol. The molecule has 0 fully saturated rings. The van der Waals surface area contributed by atoms with Crippen LogP contribution in [0.15, 0.2) is 30.3 Å². The summed E-state index contributed by atoms with van der Waals surface area (Å²) >= 11 is 5.11. The van der Waals surface area contributed by atoms with E-state index in [1.807, 2.05) is 30.3 Å². The van der Waals surface area contributed by atoms with Gasteiger partial charge in [-0.1, -0.05) is 44.3 Å². The first-order chi connectivity index (χ1) is 8.58. The minimum absolute atomic E-state index is 0.404. The molecule has 1 heterocycles. The molecule has 0 saturated heterocycles. The van der Waals surface area contributed by atoms with Crippen LogP contribution in [0.2, 0.25) is 0 Å². The Bertz CT molecular complexity index is 578. The summed E-state index contributed by atoms with van der Waals surface area (Å²) in [6.45, 7) is 5.19. The van der Waals surface area contributed by atoms with Crippen LogP contribution >= 0.6 is 12.2 Å². The minimum atomic E-state index is 0.404. The summed E-state index contributed by atoms with van der Waals surface area (Å²) < 4.78 is 0. The van der Waals surface area contributed by atoms with Gasteiger partial charge in [-0.25, -0.2) is 4.98 Å². The SMILES string of the molecule is CC(C)CNc1cc(C(N)=S)c2ccccc2n1. The minimum Gasteiger partial charge on any atom is -0.389 e. The molecular formula is C14H17N3S. The molecule has 4 heteroatoms. The maximum Gasteiger partial charge on any atom is 0.127 e. The molecule has 0 bridgehead atoms. The summed E-state index contributed by atoms with van der Waals surface area (Å²) in [5, 5.41) is 4.31. The Kier molecular flexibility index (Phi) is 3.77. The predicted octanol–water partition coefficient (Wildman–Crippen LogP) is 2.94. The van der Waals surface area contributed by atoms with E-state index in [1.54, 1.807) is 0 Å². The molecule has 0 spiro atoms. The van der Waals surface area contributed by atoms with Crippen molar-refractivity contribution in [1.29, 1.82) is 0 Å². The zero-order valence-corrected chi connectivity index (χ0v) is 11.4. The third kappa shape index (κ3) is 2.76. The van der Waals surface area contributed by atoms with E-state index in [4.69, 9.17) is 18.0 Å². The molecule has 3 N–H and O–H groups in total. The molecule has 0 aliphatic rings. The smallest absolute Gasteiger partial charge is 0.127 e. The molecule has 18 heavy (non-hydrogen) atoms. The van der Waals surface area contributed by atoms with Crippen LogP contribution in [-0.2, 0) is 0 Å². The molecule has 0 saturated carbocycles. The van der Waals surface area contributed by atoms with E-state index in [2.05, 4.69) is 24.1 Å². The largest absolute Gasteiger partial charge is 0.389 e. The fraction of sp³-hybridized carbons (Fsp3) is 0.286. The van der Waals surface area contributed by atoms with E-state index in [1.165, 1.54) is 0 Å². The molecule has 0 aliphatic heterocycles. The topological polar surface area (TPSA) is 50.9 Å². The zero-order valence-electron chi connectivity index (χ0n) is 10.6. The Morgan fingerprint density at radius 2 is 2.11 bits per heavy atom. The number of benzene rings is 1. The van der Waals surface area contributed by atoms with Gasteiger partial charge in [0.1, 0.15) is 10.8 Å². The maximum absolute atomic E-state index is 5.78. The van der Waals surface area contributed by atoms with E-state index in [0.717, 1.165) is 28.8 Å². The number of para-hydroxylation sites is 1. The second kappa shape index (κ2) is 5.31. The van der Waals surface area contributed by atoms with Crippen LogP contribution in [0.1, 0.15) is 19.4 Å². The summed E-state index contributed by atoms with van der Waals surface area (Å²) in [5.41, 5.74) is 7.57. The second-order valence-electron chi connectivity index (χ2n) is 4.71. The van der Waals surface area contributed by atoms with Gasteiger partial charge in [-0.3, -0.25) is 0 Å². The molecule has 3 nitrogen and oxygen atoms in total. The normalized spacial score (nSPS) is 10.8. The van der Waals surface area contributed by atoms with Gasteiger partial charge in [0.2, 0.25) is 0 Å². The molecule has 0 radical (unpaired) electrons. The standard InChI is InChI=1S/C14H17N3S/c1-9(2)8-16-13-7-11(14(15)18)10-5-3-4-6-12(10)17-13/h3-7,9H,8H2,1-2H3,(H2,15,18)(H,16,17). The van der Waals surface area contributed by atoms with Gasteiger partial charge in [0.15, 0.2) is 0 Å². The van der Waals surface area contributed by atoms with Crippen LogP contribution in [0.25, 0.3) is 10.9 Å². The summed E-state index contributed by atoms with van der Waals surface area (Å²) in [4.78, 5) is 4.97. The van der Waals surface area contributed by atoms with Crippen molar-refractivity contribution in [2.24, 2.45) is 11.7 Å². The monoisotopic (exact) mass is 259 g/mol. The number of thiocarbonyl (C=S) groups is 1. The van der Waals surface area contributed by atoms with Gasteiger partial charge < -0.3 is 11.1 Å². The van der Waals surface area contributed by atoms with Crippen LogP contribution in [0.3, 0.4) is 0 Å². The van der Waals surface area contributed by atoms with E-state index < -0.39 is 0 Å². The first-order valence-electron chi connectivity index (χ1n) is 6.01. The molecule has 2 aromatic rings. The molecule has 1 aromatic carbocycles. The molecule has 0 unspecified atom stereocenters. The zero-order chi connectivity index (χ0) is 13.1. The molecule has 0 aliphatic carbocycles. The van der Waals surface area contributed by atoms with Crippen LogP contribution in [-0.4, -0.2) is 16.5 Å². The van der Waals surface area contributed by atoms with Crippen molar-refractivity contribution in [2.45, 2.75) is 13.8 Å². The lowest BCUT2D eigenvalue weighted by molar-refractivity contribution is 0.687. The molecule has 2 rings (SSSR count). The van der Waals surface area contributed by atoms with Crippen molar-refractivity contribution in [3.8, 4) is 0 Å². The first kappa shape index (κ1) is 12.8. The Labute approximate surface area is 112 Å². The summed E-state index contributed by atoms with van der Waals surface area (Å²) in [6.07, 6.45) is 0. The highest BCUT2D eigenvalue weighted by Crippen LogP contribution is 2.20. The van der Waals surface area contributed by atoms with Crippen LogP contribution < -0.4 is 11.1 Å². The summed E-state index contributed by atoms with van der Waals surface area (Å²) in [5.74, 6) is 1.39. The van der Waals surface area contributed by atoms with Crippen molar-refractivity contribution in [2.75, 3.05) is 11.9 Å². The van der Waals surface area contributed by atoms with Crippen molar-refractivity contribution in [3.63, 3.8) is 0 Å². The molecular weight excluding hydrogens is 242 g/mol. The quantitative estimate of drug-likeness (QED) is 0.829. The highest BCUT2D eigenvalue weighted by molar-refractivity contribution is 7.80. The van der Waals surface area contributed by atoms with Gasteiger partial charge in [0.05, 0.1) is 5.52 Å². The van der Waals surface area contributed by atoms with Gasteiger partial charge in [-0.15, -0.1) is 0 Å². The Balaban J connectivity index is 2.47.